The number of hydrogen-bond donors (Lipinski definition) is 0. The number of thioether (sulfide) groups is 1. The highest BCUT2D eigenvalue weighted by Crippen LogP contribution is 2.31. The zero-order chi connectivity index (χ0) is 13.9. The molecule has 1 unspecified atom stereocenters. The lowest BCUT2D eigenvalue weighted by atomic mass is 10.2. The molecule has 0 amide bonds. The second-order valence-electron chi connectivity index (χ2n) is 4.52. The van der Waals surface area contributed by atoms with E-state index in [0.29, 0.717) is 5.75 Å². The first kappa shape index (κ1) is 14.8. The van der Waals surface area contributed by atoms with Crippen LogP contribution < -0.4 is 0 Å². The first-order chi connectivity index (χ1) is 9.04. The zero-order valence-corrected chi connectivity index (χ0v) is 12.7. The predicted octanol–water partition coefficient (Wildman–Crippen LogP) is 2.26. The van der Waals surface area contributed by atoms with Gasteiger partial charge in [-0.15, -0.1) is 11.8 Å². The number of hydrogen-bond acceptors (Lipinski definition) is 5. The lowest BCUT2D eigenvalue weighted by Gasteiger charge is -2.14. The van der Waals surface area contributed by atoms with Gasteiger partial charge in [0.1, 0.15) is 0 Å². The third kappa shape index (κ3) is 3.95. The molecular weight excluding hydrogens is 284 g/mol. The molecule has 1 fully saturated rings. The van der Waals surface area contributed by atoms with Crippen molar-refractivity contribution < 1.29 is 17.9 Å². The Kier molecular flexibility index (Phi) is 4.89. The number of sulfone groups is 1. The molecule has 19 heavy (non-hydrogen) atoms. The molecule has 2 rings (SSSR count). The molecule has 0 aliphatic carbocycles. The lowest BCUT2D eigenvalue weighted by Crippen LogP contribution is -2.06. The first-order valence-electron chi connectivity index (χ1n) is 6.06. The molecule has 1 aliphatic rings. The highest BCUT2D eigenvalue weighted by atomic mass is 32.2. The monoisotopic (exact) mass is 302 g/mol. The van der Waals surface area contributed by atoms with E-state index in [2.05, 4.69) is 0 Å². The van der Waals surface area contributed by atoms with Crippen LogP contribution in [0.2, 0.25) is 0 Å². The van der Waals surface area contributed by atoms with E-state index in [9.17, 15) is 8.42 Å². The molecule has 106 valence electrons. The van der Waals surface area contributed by atoms with Crippen molar-refractivity contribution in [2.75, 3.05) is 25.7 Å². The van der Waals surface area contributed by atoms with Crippen LogP contribution in [0, 0.1) is 0 Å². The fourth-order valence-electron chi connectivity index (χ4n) is 2.12. The summed E-state index contributed by atoms with van der Waals surface area (Å²) in [5.41, 5.74) is 0.952. The van der Waals surface area contributed by atoms with Gasteiger partial charge in [0.05, 0.1) is 11.5 Å². The molecule has 1 heterocycles. The summed E-state index contributed by atoms with van der Waals surface area (Å²) in [5.74, 6) is 0.607. The first-order valence-corrected chi connectivity index (χ1v) is 8.77. The highest BCUT2D eigenvalue weighted by Gasteiger charge is 2.28. The summed E-state index contributed by atoms with van der Waals surface area (Å²) in [6.07, 6.45) is 0.388. The fourth-order valence-corrected chi connectivity index (χ4v) is 5.62. The second kappa shape index (κ2) is 6.26. The largest absolute Gasteiger partial charge is 0.352 e. The predicted molar refractivity (Wildman–Crippen MR) is 76.1 cm³/mol. The van der Waals surface area contributed by atoms with Crippen LogP contribution in [0.4, 0.5) is 0 Å². The molecule has 1 saturated heterocycles. The summed E-state index contributed by atoms with van der Waals surface area (Å²) in [6.45, 7) is 0. The van der Waals surface area contributed by atoms with E-state index >= 15 is 0 Å². The average molecular weight is 302 g/mol. The third-order valence-corrected chi connectivity index (χ3v) is 6.33. The van der Waals surface area contributed by atoms with Crippen molar-refractivity contribution in [2.24, 2.45) is 0 Å². The van der Waals surface area contributed by atoms with Crippen molar-refractivity contribution in [3.8, 4) is 0 Å². The van der Waals surface area contributed by atoms with Gasteiger partial charge in [-0.3, -0.25) is 0 Å². The molecule has 0 aromatic heterocycles. The number of methoxy groups -OCH3 is 2. The van der Waals surface area contributed by atoms with Gasteiger partial charge in [0, 0.05) is 29.9 Å². The summed E-state index contributed by atoms with van der Waals surface area (Å²) in [4.78, 5) is 1.08. The van der Waals surface area contributed by atoms with Gasteiger partial charge < -0.3 is 9.47 Å². The molecule has 0 saturated carbocycles. The van der Waals surface area contributed by atoms with Gasteiger partial charge in [0.2, 0.25) is 0 Å². The summed E-state index contributed by atoms with van der Waals surface area (Å²) >= 11 is 1.63. The van der Waals surface area contributed by atoms with Crippen LogP contribution in [0.3, 0.4) is 0 Å². The summed E-state index contributed by atoms with van der Waals surface area (Å²) < 4.78 is 33.2. The molecule has 1 atom stereocenters. The normalized spacial score (nSPS) is 21.9. The third-order valence-electron chi connectivity index (χ3n) is 3.07. The Bertz CT molecular complexity index is 506. The summed E-state index contributed by atoms with van der Waals surface area (Å²) in [5, 5.41) is 0.177. The molecule has 1 aromatic rings. The molecule has 1 aromatic carbocycles. The van der Waals surface area contributed by atoms with Crippen LogP contribution in [0.5, 0.6) is 0 Å². The van der Waals surface area contributed by atoms with E-state index in [0.717, 1.165) is 16.9 Å². The van der Waals surface area contributed by atoms with Crippen molar-refractivity contribution >= 4 is 21.6 Å². The minimum atomic E-state index is -2.81. The van der Waals surface area contributed by atoms with Crippen LogP contribution in [0.25, 0.3) is 0 Å². The molecule has 1 aliphatic heterocycles. The van der Waals surface area contributed by atoms with Crippen LogP contribution in [0.1, 0.15) is 18.3 Å². The minimum Gasteiger partial charge on any atom is -0.352 e. The fraction of sp³-hybridized carbons (Fsp3) is 0.538. The van der Waals surface area contributed by atoms with E-state index in [1.54, 1.807) is 26.0 Å². The Morgan fingerprint density at radius 1 is 1.21 bits per heavy atom. The van der Waals surface area contributed by atoms with Gasteiger partial charge in [0.25, 0.3) is 0 Å². The Hall–Kier alpha value is -0.560. The maximum Gasteiger partial charge on any atom is 0.183 e. The van der Waals surface area contributed by atoms with Gasteiger partial charge in [-0.1, -0.05) is 12.1 Å². The van der Waals surface area contributed by atoms with Crippen LogP contribution in [-0.4, -0.2) is 39.4 Å². The topological polar surface area (TPSA) is 52.6 Å². The molecule has 0 N–H and O–H groups in total. The number of rotatable bonds is 5. The maximum absolute atomic E-state index is 11.4. The number of benzene rings is 1. The van der Waals surface area contributed by atoms with Crippen molar-refractivity contribution in [3.63, 3.8) is 0 Å². The van der Waals surface area contributed by atoms with Gasteiger partial charge in [0.15, 0.2) is 16.1 Å². The van der Waals surface area contributed by atoms with E-state index in [1.807, 2.05) is 24.3 Å². The number of ether oxygens (including phenoxy) is 2. The van der Waals surface area contributed by atoms with Crippen LogP contribution in [0.15, 0.2) is 29.2 Å². The van der Waals surface area contributed by atoms with Gasteiger partial charge in [-0.25, -0.2) is 8.42 Å². The lowest BCUT2D eigenvalue weighted by molar-refractivity contribution is -0.106. The quantitative estimate of drug-likeness (QED) is 0.781. The van der Waals surface area contributed by atoms with E-state index in [4.69, 9.17) is 9.47 Å². The minimum absolute atomic E-state index is 0.177. The van der Waals surface area contributed by atoms with Crippen LogP contribution >= 0.6 is 11.8 Å². The molecule has 0 radical (unpaired) electrons. The van der Waals surface area contributed by atoms with E-state index in [-0.39, 0.29) is 17.3 Å². The Labute approximate surface area is 118 Å². The Morgan fingerprint density at radius 3 is 2.32 bits per heavy atom. The second-order valence-corrected chi connectivity index (χ2v) is 8.12. The Morgan fingerprint density at radius 2 is 1.84 bits per heavy atom. The Balaban J connectivity index is 1.99. The molecule has 6 heteroatoms. The summed E-state index contributed by atoms with van der Waals surface area (Å²) in [6, 6.07) is 7.86. The van der Waals surface area contributed by atoms with Crippen molar-refractivity contribution in [3.05, 3.63) is 29.8 Å². The van der Waals surface area contributed by atoms with E-state index < -0.39 is 9.84 Å². The maximum atomic E-state index is 11.4. The van der Waals surface area contributed by atoms with Gasteiger partial charge in [-0.05, 0) is 18.6 Å². The van der Waals surface area contributed by atoms with Crippen molar-refractivity contribution in [1.82, 2.24) is 0 Å². The van der Waals surface area contributed by atoms with Gasteiger partial charge in [-0.2, -0.15) is 0 Å². The molecule has 0 spiro atoms. The van der Waals surface area contributed by atoms with Gasteiger partial charge >= 0.3 is 0 Å². The molecular formula is C13H18O4S2. The highest BCUT2D eigenvalue weighted by molar-refractivity contribution is 8.01. The summed E-state index contributed by atoms with van der Waals surface area (Å²) in [7, 11) is 0.389. The zero-order valence-electron chi connectivity index (χ0n) is 11.0. The standard InChI is InChI=1S/C13H18O4S2/c1-16-13(17-2)10-3-5-11(6-4-10)18-12-7-8-19(14,15)9-12/h3-6,12-13H,7-9H2,1-2H3. The van der Waals surface area contributed by atoms with E-state index in [1.165, 1.54) is 0 Å². The van der Waals surface area contributed by atoms with Crippen LogP contribution in [-0.2, 0) is 19.3 Å². The molecule has 0 bridgehead atoms. The SMILES string of the molecule is COC(OC)c1ccc(SC2CCS(=O)(=O)C2)cc1. The average Bonchev–Trinajstić information content (AvgIpc) is 2.72. The van der Waals surface area contributed by atoms with Crippen molar-refractivity contribution in [1.29, 1.82) is 0 Å². The smallest absolute Gasteiger partial charge is 0.183 e. The molecule has 4 nitrogen and oxygen atoms in total. The van der Waals surface area contributed by atoms with Crippen molar-refractivity contribution in [2.45, 2.75) is 22.9 Å².